The lowest BCUT2D eigenvalue weighted by Gasteiger charge is -2.38. The first kappa shape index (κ1) is 104. The van der Waals surface area contributed by atoms with Crippen molar-refractivity contribution < 1.29 is 121 Å². The Labute approximate surface area is 790 Å². The fourth-order valence-electron chi connectivity index (χ4n) is 13.9. The maximum atomic E-state index is 14.0. The summed E-state index contributed by atoms with van der Waals surface area (Å²) in [4.78, 5) is 71.8. The topological polar surface area (TPSA) is 357 Å². The van der Waals surface area contributed by atoms with E-state index in [9.17, 15) is 74.0 Å². The predicted octanol–water partition coefficient (Wildman–Crippen LogP) is 20.4. The number of phenols is 5. The first-order chi connectivity index (χ1) is 65.4. The Morgan fingerprint density at radius 1 is 0.360 bits per heavy atom. The lowest BCUT2D eigenvalue weighted by atomic mass is 9.99. The van der Waals surface area contributed by atoms with E-state index in [2.05, 4.69) is 0 Å². The lowest BCUT2D eigenvalue weighted by molar-refractivity contribution is -0.265. The van der Waals surface area contributed by atoms with Gasteiger partial charge >= 0.3 is 0 Å². The van der Waals surface area contributed by atoms with Crippen molar-refractivity contribution in [3.63, 3.8) is 0 Å². The molecule has 708 valence electrons. The van der Waals surface area contributed by atoms with Gasteiger partial charge in [0.2, 0.25) is 6.29 Å². The van der Waals surface area contributed by atoms with Gasteiger partial charge in [0.05, 0.1) is 35.0 Å². The Balaban J connectivity index is 0.000000191. The normalized spacial score (nSPS) is 13.9. The number of methoxy groups -OCH3 is 4. The average molecular weight is 1850 g/mol. The van der Waals surface area contributed by atoms with E-state index >= 15 is 0 Å². The fraction of sp³-hybridized carbons (Fsp3) is 0.225. The third kappa shape index (κ3) is 31.7. The number of rotatable bonds is 33. The van der Waals surface area contributed by atoms with Crippen LogP contribution in [0.1, 0.15) is 156 Å². The summed E-state index contributed by atoms with van der Waals surface area (Å²) >= 11 is 0. The average Bonchev–Trinajstić information content (AvgIpc) is 0.795. The van der Waals surface area contributed by atoms with E-state index in [1.807, 2.05) is 220 Å². The maximum Gasteiger partial charge on any atom is 0.229 e. The molecule has 1 aliphatic rings. The number of ether oxygens (including phenoxy) is 10. The molecule has 136 heavy (non-hydrogen) atoms. The molecule has 0 bridgehead atoms. The van der Waals surface area contributed by atoms with Gasteiger partial charge in [-0.25, -0.2) is 4.39 Å². The van der Waals surface area contributed by atoms with Gasteiger partial charge in [-0.2, -0.15) is 0 Å². The van der Waals surface area contributed by atoms with Gasteiger partial charge in [-0.15, -0.1) is 0 Å². The number of hydrogen-bond donors (Lipinski definition) is 8. The molecule has 8 N–H and O–H groups in total. The van der Waals surface area contributed by atoms with E-state index in [1.54, 1.807) is 97.8 Å². The van der Waals surface area contributed by atoms with Crippen LogP contribution in [0.4, 0.5) is 4.39 Å². The molecule has 1 fully saturated rings. The number of benzene rings is 13. The SMILES string of the molecule is CC(=O)c1c(O)cc(C)cc1O.CC(=O)c1c(OCc2ccccc2)cc(C)cc1OCc1ccccc1.COc1ccc(/C=C/C(=O)c2c(OCc3ccccc3)cc(C)cc2OCc2ccccc2)cc1.COc1ccc(C=O)cc1.COc1ccc(CCC(=O)c2c(O)cc(C)cc2O)cc1.COc1ccc(CCC(=O)c2c(O)cc(C)cc2OC2OC(CO)C(F)C(O)C2O)cc1. The van der Waals surface area contributed by atoms with E-state index in [1.165, 1.54) is 50.2 Å². The number of aryl methyl sites for hydroxylation is 7. The van der Waals surface area contributed by atoms with Crippen molar-refractivity contribution in [2.75, 3.05) is 35.0 Å². The van der Waals surface area contributed by atoms with E-state index < -0.39 is 43.2 Å². The van der Waals surface area contributed by atoms with Gasteiger partial charge in [0.1, 0.15) is 159 Å². The molecule has 1 saturated heterocycles. The summed E-state index contributed by atoms with van der Waals surface area (Å²) in [5, 5.41) is 77.9. The molecule has 25 heteroatoms. The third-order valence-electron chi connectivity index (χ3n) is 21.0. The number of carbonyl (C=O) groups excluding carboxylic acids is 6. The van der Waals surface area contributed by atoms with Crippen LogP contribution >= 0.6 is 0 Å². The van der Waals surface area contributed by atoms with Crippen LogP contribution in [0, 0.1) is 34.6 Å². The minimum absolute atomic E-state index is 0.00545. The van der Waals surface area contributed by atoms with Gasteiger partial charge in [-0.05, 0) is 255 Å². The molecule has 1 heterocycles. The lowest BCUT2D eigenvalue weighted by Crippen LogP contribution is -2.58. The van der Waals surface area contributed by atoms with E-state index in [4.69, 9.17) is 47.4 Å². The number of alkyl halides is 1. The number of aromatic hydroxyl groups is 5. The number of hydrogen-bond acceptors (Lipinski definition) is 24. The quantitative estimate of drug-likeness (QED) is 0.0108. The maximum absolute atomic E-state index is 14.0. The second kappa shape index (κ2) is 52.7. The van der Waals surface area contributed by atoms with E-state index in [0.717, 1.165) is 79.2 Å². The van der Waals surface area contributed by atoms with Crippen LogP contribution < -0.4 is 42.6 Å². The molecule has 0 saturated carbocycles. The summed E-state index contributed by atoms with van der Waals surface area (Å²) in [7, 11) is 6.37. The summed E-state index contributed by atoms with van der Waals surface area (Å²) in [5.41, 5.74) is 12.3. The number of carbonyl (C=O) groups is 6. The number of allylic oxidation sites excluding steroid dienone is 1. The molecule has 0 aliphatic carbocycles. The number of aliphatic hydroxyl groups is 3. The fourth-order valence-corrected chi connectivity index (χ4v) is 13.9. The number of halogens is 1. The van der Waals surface area contributed by atoms with Crippen LogP contribution in [0.2, 0.25) is 0 Å². The van der Waals surface area contributed by atoms with Crippen LogP contribution in [-0.2, 0) is 44.0 Å². The minimum atomic E-state index is -2.01. The minimum Gasteiger partial charge on any atom is -0.507 e. The molecule has 5 unspecified atom stereocenters. The van der Waals surface area contributed by atoms with Gasteiger partial charge in [-0.1, -0.05) is 164 Å². The van der Waals surface area contributed by atoms with Crippen molar-refractivity contribution in [2.24, 2.45) is 0 Å². The number of phenolic OH excluding ortho intramolecular Hbond substituents is 5. The molecule has 0 aromatic heterocycles. The molecular formula is C111H113FO24. The van der Waals surface area contributed by atoms with Crippen molar-refractivity contribution >= 4 is 41.3 Å². The number of ketones is 5. The highest BCUT2D eigenvalue weighted by Gasteiger charge is 2.46. The van der Waals surface area contributed by atoms with Gasteiger partial charge < -0.3 is 88.2 Å². The van der Waals surface area contributed by atoms with Gasteiger partial charge in [0, 0.05) is 18.4 Å². The molecule has 14 rings (SSSR count). The van der Waals surface area contributed by atoms with Crippen molar-refractivity contribution in [3.8, 4) is 80.5 Å². The zero-order valence-corrected chi connectivity index (χ0v) is 77.5. The number of aldehydes is 1. The Kier molecular flexibility index (Phi) is 40.4. The van der Waals surface area contributed by atoms with Crippen LogP contribution in [0.15, 0.2) is 285 Å². The van der Waals surface area contributed by atoms with E-state index in [-0.39, 0.29) is 87.2 Å². The van der Waals surface area contributed by atoms with Crippen LogP contribution in [0.3, 0.4) is 0 Å². The molecule has 0 amide bonds. The second-order valence-electron chi connectivity index (χ2n) is 31.7. The number of Topliss-reactive ketones (excluding diaryl/α,β-unsaturated/α-hetero) is 4. The molecule has 13 aromatic rings. The third-order valence-corrected chi connectivity index (χ3v) is 21.0. The first-order valence-electron chi connectivity index (χ1n) is 43.5. The zero-order chi connectivity index (χ0) is 98.3. The van der Waals surface area contributed by atoms with Crippen LogP contribution in [0.5, 0.6) is 80.5 Å². The predicted molar refractivity (Wildman–Crippen MR) is 517 cm³/mol. The van der Waals surface area contributed by atoms with Gasteiger partial charge in [0.15, 0.2) is 35.1 Å². The summed E-state index contributed by atoms with van der Waals surface area (Å²) in [5.74, 6) is 2.74. The molecule has 0 spiro atoms. The highest BCUT2D eigenvalue weighted by atomic mass is 19.1. The van der Waals surface area contributed by atoms with Gasteiger partial charge in [0.25, 0.3) is 0 Å². The summed E-state index contributed by atoms with van der Waals surface area (Å²) in [6, 6.07) is 84.9. The summed E-state index contributed by atoms with van der Waals surface area (Å²) in [6.07, 6.45) is -3.24. The highest BCUT2D eigenvalue weighted by molar-refractivity contribution is 6.11. The van der Waals surface area contributed by atoms with Crippen molar-refractivity contribution in [1.82, 2.24) is 0 Å². The standard InChI is InChI=1S/C31H28O4.C23H27FO8.C23H22O3.C17H18O4.C9H10O3.C8H8O2/c1-23-19-29(34-21-25-9-5-3-6-10-25)31(30(20-23)35-22-26-11-7-4-8-12-26)28(32)18-15-24-13-16-27(33-2)17-14-24;1-12-9-16(27)19(15(26)8-5-13-3-6-14(30-2)7-4-13)17(10-12)31-23-22(29)21(28)20(24)18(11-25)32-23;1-17-13-21(25-15-19-9-5-3-6-10-19)23(18(2)24)22(14-17)26-16-20-11-7-4-8-12-20;1-11-9-15(19)17(16(20)10-11)14(18)8-5-12-3-6-13(21-2)7-4-12;1-5-3-7(11)9(6(2)10)8(12)4-5;1-10-8-4-2-7(6-9)3-5-8/h3-20H,21-22H2,1-2H3;3-4,6-7,9-10,18,20-23,25,27-29H,5,8,11H2,1-2H3;3-14H,15-16H2,1-2H3;3-4,6-7,9-10,19-20H,5,8H2,1-2H3;3-4,11-12H,1-2H3;2-6H,1H3/b18-15+;;;;;. The van der Waals surface area contributed by atoms with E-state index in [0.29, 0.717) is 95.8 Å². The summed E-state index contributed by atoms with van der Waals surface area (Å²) < 4.78 is 69.3. The molecule has 13 aromatic carbocycles. The smallest absolute Gasteiger partial charge is 0.229 e. The van der Waals surface area contributed by atoms with Crippen molar-refractivity contribution in [2.45, 2.75) is 131 Å². The Hall–Kier alpha value is -15.4. The first-order valence-corrected chi connectivity index (χ1v) is 43.5. The largest absolute Gasteiger partial charge is 0.507 e. The monoisotopic (exact) mass is 1850 g/mol. The Bertz CT molecular complexity index is 5920. The second-order valence-corrected chi connectivity index (χ2v) is 31.7. The molecule has 5 atom stereocenters. The van der Waals surface area contributed by atoms with Gasteiger partial charge in [-0.3, -0.25) is 28.8 Å². The molecule has 1 aliphatic heterocycles. The Morgan fingerprint density at radius 3 is 1.00 bits per heavy atom. The zero-order valence-electron chi connectivity index (χ0n) is 77.5. The summed E-state index contributed by atoms with van der Waals surface area (Å²) in [6.45, 7) is 12.7. The molecule has 0 radical (unpaired) electrons. The molecular weight excluding hydrogens is 1740 g/mol. The number of aliphatic hydroxyl groups excluding tert-OH is 3. The Morgan fingerprint density at radius 2 is 0.662 bits per heavy atom. The van der Waals surface area contributed by atoms with Crippen molar-refractivity contribution in [1.29, 1.82) is 0 Å². The van der Waals surface area contributed by atoms with Crippen molar-refractivity contribution in [3.05, 3.63) is 385 Å². The molecule has 24 nitrogen and oxygen atoms in total. The van der Waals surface area contributed by atoms with Crippen LogP contribution in [0.25, 0.3) is 6.08 Å². The van der Waals surface area contributed by atoms with Crippen LogP contribution in [-0.4, -0.2) is 142 Å². The highest BCUT2D eigenvalue weighted by Crippen LogP contribution is 2.39.